The largest absolute Gasteiger partial charge is 0.392 e. The zero-order chi connectivity index (χ0) is 14.1. The first-order valence-electron chi connectivity index (χ1n) is 5.95. The molecule has 106 valence electrons. The second-order valence-corrected chi connectivity index (χ2v) is 8.74. The lowest BCUT2D eigenvalue weighted by Crippen LogP contribution is -2.57. The molecule has 0 unspecified atom stereocenters. The maximum atomic E-state index is 12.3. The zero-order valence-electron chi connectivity index (χ0n) is 10.2. The normalized spacial score (nSPS) is 19.2. The number of hydrogen-bond acceptors (Lipinski definition) is 4. The SMILES string of the molecule is NC(=S)C1(NS(=O)(=O)c2ccc(Cl)s2)CCCCC1. The van der Waals surface area contributed by atoms with E-state index in [0.717, 1.165) is 30.6 Å². The summed E-state index contributed by atoms with van der Waals surface area (Å²) in [7, 11) is -3.63. The fourth-order valence-electron chi connectivity index (χ4n) is 2.30. The van der Waals surface area contributed by atoms with Crippen molar-refractivity contribution in [3.63, 3.8) is 0 Å². The summed E-state index contributed by atoms with van der Waals surface area (Å²) in [4.78, 5) is 0.221. The van der Waals surface area contributed by atoms with Crippen molar-refractivity contribution in [3.8, 4) is 0 Å². The van der Waals surface area contributed by atoms with E-state index in [1.165, 1.54) is 6.07 Å². The van der Waals surface area contributed by atoms with E-state index in [1.54, 1.807) is 6.07 Å². The van der Waals surface area contributed by atoms with Crippen LogP contribution in [0.2, 0.25) is 4.34 Å². The van der Waals surface area contributed by atoms with Gasteiger partial charge in [-0.05, 0) is 25.0 Å². The fourth-order valence-corrected chi connectivity index (χ4v) is 5.55. The van der Waals surface area contributed by atoms with Gasteiger partial charge in [0.05, 0.1) is 14.9 Å². The van der Waals surface area contributed by atoms with Crippen LogP contribution in [0.25, 0.3) is 0 Å². The van der Waals surface area contributed by atoms with Crippen LogP contribution in [0, 0.1) is 0 Å². The van der Waals surface area contributed by atoms with Crippen molar-refractivity contribution in [2.75, 3.05) is 0 Å². The highest BCUT2D eigenvalue weighted by Gasteiger charge is 2.39. The van der Waals surface area contributed by atoms with Crippen molar-refractivity contribution in [1.82, 2.24) is 4.72 Å². The molecule has 1 aliphatic rings. The van der Waals surface area contributed by atoms with Crippen LogP contribution in [-0.2, 0) is 10.0 Å². The molecular formula is C11H15ClN2O2S3. The quantitative estimate of drug-likeness (QED) is 0.828. The molecule has 1 aromatic heterocycles. The maximum absolute atomic E-state index is 12.3. The number of sulfonamides is 1. The van der Waals surface area contributed by atoms with Gasteiger partial charge in [-0.15, -0.1) is 11.3 Å². The van der Waals surface area contributed by atoms with Crippen LogP contribution in [-0.4, -0.2) is 18.9 Å². The van der Waals surface area contributed by atoms with E-state index < -0.39 is 15.6 Å². The lowest BCUT2D eigenvalue weighted by Gasteiger charge is -2.36. The number of hydrogen-bond donors (Lipinski definition) is 2. The molecule has 0 aromatic carbocycles. The molecule has 1 aliphatic carbocycles. The van der Waals surface area contributed by atoms with Crippen LogP contribution in [0.3, 0.4) is 0 Å². The van der Waals surface area contributed by atoms with Crippen molar-refractivity contribution < 1.29 is 8.42 Å². The van der Waals surface area contributed by atoms with Gasteiger partial charge in [-0.3, -0.25) is 0 Å². The Hall–Kier alpha value is -0.210. The second kappa shape index (κ2) is 5.65. The minimum Gasteiger partial charge on any atom is -0.392 e. The van der Waals surface area contributed by atoms with Crippen LogP contribution >= 0.6 is 35.2 Å². The molecule has 3 N–H and O–H groups in total. The minimum absolute atomic E-state index is 0.193. The van der Waals surface area contributed by atoms with Crippen molar-refractivity contribution in [2.45, 2.75) is 41.9 Å². The highest BCUT2D eigenvalue weighted by molar-refractivity contribution is 7.91. The average Bonchev–Trinajstić information content (AvgIpc) is 2.77. The lowest BCUT2D eigenvalue weighted by molar-refractivity contribution is 0.353. The van der Waals surface area contributed by atoms with Crippen molar-refractivity contribution in [2.24, 2.45) is 5.73 Å². The number of nitrogens with two attached hydrogens (primary N) is 1. The molecule has 19 heavy (non-hydrogen) atoms. The molecule has 2 rings (SSSR count). The number of halogens is 1. The van der Waals surface area contributed by atoms with Gasteiger partial charge in [-0.1, -0.05) is 43.1 Å². The van der Waals surface area contributed by atoms with Gasteiger partial charge in [0, 0.05) is 0 Å². The van der Waals surface area contributed by atoms with E-state index in [-0.39, 0.29) is 9.20 Å². The molecule has 1 aromatic rings. The van der Waals surface area contributed by atoms with Crippen LogP contribution in [0.1, 0.15) is 32.1 Å². The number of rotatable bonds is 4. The van der Waals surface area contributed by atoms with Crippen LogP contribution in [0.15, 0.2) is 16.3 Å². The molecule has 4 nitrogen and oxygen atoms in total. The van der Waals surface area contributed by atoms with Crippen LogP contribution < -0.4 is 10.5 Å². The van der Waals surface area contributed by atoms with Gasteiger partial charge in [0.25, 0.3) is 10.0 Å². The van der Waals surface area contributed by atoms with Gasteiger partial charge in [-0.25, -0.2) is 8.42 Å². The third-order valence-corrected chi connectivity index (χ3v) is 6.97. The highest BCUT2D eigenvalue weighted by atomic mass is 35.5. The van der Waals surface area contributed by atoms with Crippen LogP contribution in [0.5, 0.6) is 0 Å². The van der Waals surface area contributed by atoms with Gasteiger partial charge in [0.15, 0.2) is 0 Å². The Balaban J connectivity index is 2.29. The number of thiophene rings is 1. The molecule has 0 radical (unpaired) electrons. The van der Waals surface area contributed by atoms with Crippen molar-refractivity contribution in [3.05, 3.63) is 16.5 Å². The molecule has 0 amide bonds. The van der Waals surface area contributed by atoms with E-state index in [2.05, 4.69) is 4.72 Å². The van der Waals surface area contributed by atoms with E-state index in [9.17, 15) is 8.42 Å². The molecule has 0 atom stereocenters. The Kier molecular flexibility index (Phi) is 4.52. The molecule has 1 saturated carbocycles. The summed E-state index contributed by atoms with van der Waals surface area (Å²) in [5.74, 6) is 0. The second-order valence-electron chi connectivity index (χ2n) is 4.67. The summed E-state index contributed by atoms with van der Waals surface area (Å²) in [6.07, 6.45) is 4.23. The predicted octanol–water partition coefficient (Wildman–Crippen LogP) is 2.67. The summed E-state index contributed by atoms with van der Waals surface area (Å²) >= 11 is 11.9. The topological polar surface area (TPSA) is 72.2 Å². The molecule has 8 heteroatoms. The molecule has 1 heterocycles. The smallest absolute Gasteiger partial charge is 0.250 e. The first kappa shape index (κ1) is 15.2. The molecule has 0 spiro atoms. The van der Waals surface area contributed by atoms with Gasteiger partial charge in [0.1, 0.15) is 4.21 Å². The number of nitrogens with one attached hydrogen (secondary N) is 1. The average molecular weight is 339 g/mol. The lowest BCUT2D eigenvalue weighted by atomic mass is 9.82. The Bertz CT molecular complexity index is 577. The Morgan fingerprint density at radius 1 is 1.37 bits per heavy atom. The molecule has 0 saturated heterocycles. The van der Waals surface area contributed by atoms with E-state index in [0.29, 0.717) is 17.2 Å². The predicted molar refractivity (Wildman–Crippen MR) is 82.3 cm³/mol. The number of thiocarbonyl (C=S) groups is 1. The van der Waals surface area contributed by atoms with Gasteiger partial charge in [0.2, 0.25) is 0 Å². The summed E-state index contributed by atoms with van der Waals surface area (Å²) in [5, 5.41) is 0. The summed E-state index contributed by atoms with van der Waals surface area (Å²) < 4.78 is 28.0. The Morgan fingerprint density at radius 3 is 2.47 bits per heavy atom. The summed E-state index contributed by atoms with van der Waals surface area (Å²) in [6, 6.07) is 3.06. The third-order valence-electron chi connectivity index (χ3n) is 3.32. The molecule has 0 aliphatic heterocycles. The van der Waals surface area contributed by atoms with Gasteiger partial charge < -0.3 is 5.73 Å². The Morgan fingerprint density at radius 2 is 2.00 bits per heavy atom. The van der Waals surface area contributed by atoms with Crippen molar-refractivity contribution in [1.29, 1.82) is 0 Å². The third kappa shape index (κ3) is 3.28. The van der Waals surface area contributed by atoms with Crippen LogP contribution in [0.4, 0.5) is 0 Å². The van der Waals surface area contributed by atoms with E-state index in [4.69, 9.17) is 29.6 Å². The fraction of sp³-hybridized carbons (Fsp3) is 0.545. The van der Waals surface area contributed by atoms with Gasteiger partial charge in [-0.2, -0.15) is 4.72 Å². The first-order valence-corrected chi connectivity index (χ1v) is 9.04. The molecular weight excluding hydrogens is 324 g/mol. The summed E-state index contributed by atoms with van der Waals surface area (Å²) in [6.45, 7) is 0. The van der Waals surface area contributed by atoms with E-state index >= 15 is 0 Å². The monoisotopic (exact) mass is 338 g/mol. The molecule has 1 fully saturated rings. The van der Waals surface area contributed by atoms with E-state index in [1.807, 2.05) is 0 Å². The van der Waals surface area contributed by atoms with Gasteiger partial charge >= 0.3 is 0 Å². The first-order chi connectivity index (χ1) is 8.86. The molecule has 0 bridgehead atoms. The zero-order valence-corrected chi connectivity index (χ0v) is 13.4. The highest BCUT2D eigenvalue weighted by Crippen LogP contribution is 2.32. The minimum atomic E-state index is -3.63. The standard InChI is InChI=1S/C11H15ClN2O2S3/c12-8-4-5-9(18-8)19(15,16)14-11(10(13)17)6-2-1-3-7-11/h4-5,14H,1-3,6-7H2,(H2,13,17). The summed E-state index contributed by atoms with van der Waals surface area (Å²) in [5.41, 5.74) is 4.99. The maximum Gasteiger partial charge on any atom is 0.250 e. The van der Waals surface area contributed by atoms with Crippen molar-refractivity contribution >= 4 is 50.2 Å². The Labute approximate surface area is 127 Å².